The molecule has 196 valence electrons. The zero-order chi connectivity index (χ0) is 25.9. The second-order valence-corrected chi connectivity index (χ2v) is 13.1. The quantitative estimate of drug-likeness (QED) is 0.288. The zero-order valence-corrected chi connectivity index (χ0v) is 22.6. The van der Waals surface area contributed by atoms with Crippen LogP contribution >= 0.6 is 0 Å². The Kier molecular flexibility index (Phi) is 11.9. The highest BCUT2D eigenvalue weighted by Crippen LogP contribution is 2.26. The van der Waals surface area contributed by atoms with Crippen LogP contribution in [-0.2, 0) is 19.9 Å². The van der Waals surface area contributed by atoms with E-state index in [2.05, 4.69) is 10.0 Å². The topological polar surface area (TPSA) is 113 Å². The first kappa shape index (κ1) is 29.5. The van der Waals surface area contributed by atoms with Gasteiger partial charge in [-0.05, 0) is 56.0 Å². The molecule has 2 aromatic rings. The van der Waals surface area contributed by atoms with Crippen molar-refractivity contribution in [3.05, 3.63) is 54.6 Å². The molecule has 0 bridgehead atoms. The highest BCUT2D eigenvalue weighted by molar-refractivity contribution is 7.92. The molecule has 2 unspecified atom stereocenters. The molecule has 9 heteroatoms. The van der Waals surface area contributed by atoms with Crippen LogP contribution in [0.5, 0.6) is 0 Å². The summed E-state index contributed by atoms with van der Waals surface area (Å²) in [5, 5.41) is 12.8. The van der Waals surface area contributed by atoms with E-state index in [1.165, 1.54) is 7.05 Å². The minimum Gasteiger partial charge on any atom is -0.391 e. The van der Waals surface area contributed by atoms with Crippen molar-refractivity contribution in [1.29, 1.82) is 0 Å². The van der Waals surface area contributed by atoms with Crippen LogP contribution in [0.15, 0.2) is 59.5 Å². The van der Waals surface area contributed by atoms with Gasteiger partial charge in [0, 0.05) is 12.6 Å². The van der Waals surface area contributed by atoms with Crippen molar-refractivity contribution < 1.29 is 21.9 Å². The molecule has 3 atom stereocenters. The predicted octanol–water partition coefficient (Wildman–Crippen LogP) is 3.74. The second kappa shape index (κ2) is 14.1. The van der Waals surface area contributed by atoms with Gasteiger partial charge in [-0.2, -0.15) is 0 Å². The maximum Gasteiger partial charge on any atom is 0.213 e. The minimum atomic E-state index is -3.46. The average Bonchev–Trinajstić information content (AvgIpc) is 2.86. The lowest BCUT2D eigenvalue weighted by Crippen LogP contribution is -2.40. The maximum absolute atomic E-state index is 13.2. The molecule has 0 radical (unpaired) electrons. The van der Waals surface area contributed by atoms with Crippen molar-refractivity contribution in [3.63, 3.8) is 0 Å². The second-order valence-electron chi connectivity index (χ2n) is 8.90. The van der Waals surface area contributed by atoms with Crippen molar-refractivity contribution in [3.8, 4) is 11.1 Å². The SMILES string of the molecule is CCC(CCCCC(CC)S(=O)(=O)c1ccc(-c2ccccc2)cc1)NC[C@H](O)CS(=O)(=O)NC. The number of aliphatic hydroxyl groups excluding tert-OH is 1. The van der Waals surface area contributed by atoms with Crippen molar-refractivity contribution in [1.82, 2.24) is 10.0 Å². The Morgan fingerprint density at radius 2 is 1.43 bits per heavy atom. The molecule has 35 heavy (non-hydrogen) atoms. The van der Waals surface area contributed by atoms with Gasteiger partial charge in [0.2, 0.25) is 10.0 Å². The van der Waals surface area contributed by atoms with Gasteiger partial charge in [0.15, 0.2) is 9.84 Å². The number of nitrogens with one attached hydrogen (secondary N) is 2. The Balaban J connectivity index is 1.85. The summed E-state index contributed by atoms with van der Waals surface area (Å²) in [4.78, 5) is 0.364. The Hall–Kier alpha value is -1.78. The molecule has 0 aromatic heterocycles. The van der Waals surface area contributed by atoms with Crippen molar-refractivity contribution >= 4 is 19.9 Å². The molecular weight excluding hydrogens is 484 g/mol. The third-order valence-corrected chi connectivity index (χ3v) is 10.2. The summed E-state index contributed by atoms with van der Waals surface area (Å²) < 4.78 is 51.7. The Morgan fingerprint density at radius 1 is 0.829 bits per heavy atom. The van der Waals surface area contributed by atoms with Gasteiger partial charge in [-0.15, -0.1) is 0 Å². The van der Waals surface area contributed by atoms with E-state index in [4.69, 9.17) is 0 Å². The summed E-state index contributed by atoms with van der Waals surface area (Å²) >= 11 is 0. The number of sulfonamides is 1. The van der Waals surface area contributed by atoms with Gasteiger partial charge in [0.05, 0.1) is 22.0 Å². The average molecular weight is 525 g/mol. The molecule has 0 saturated carbocycles. The molecule has 0 spiro atoms. The molecule has 0 aliphatic rings. The molecule has 2 aromatic carbocycles. The Morgan fingerprint density at radius 3 is 2.00 bits per heavy atom. The van der Waals surface area contributed by atoms with Gasteiger partial charge >= 0.3 is 0 Å². The van der Waals surface area contributed by atoms with E-state index in [9.17, 15) is 21.9 Å². The van der Waals surface area contributed by atoms with E-state index in [0.717, 1.165) is 36.8 Å². The molecule has 0 aliphatic heterocycles. The van der Waals surface area contributed by atoms with E-state index < -0.39 is 31.2 Å². The standard InChI is InChI=1S/C26H40N2O5S2/c1-4-23(28-19-24(29)20-34(30,31)27-3)13-9-10-14-25(5-2)35(32,33)26-17-15-22(16-18-26)21-11-7-6-8-12-21/h6-8,11-12,15-18,23-25,27-29H,4-5,9-10,13-14,19-20H2,1-3H3/t23?,24-,25?/m0/s1. The van der Waals surface area contributed by atoms with Gasteiger partial charge in [0.25, 0.3) is 0 Å². The lowest BCUT2D eigenvalue weighted by atomic mass is 10.0. The number of sulfone groups is 1. The van der Waals surface area contributed by atoms with Gasteiger partial charge in [-0.1, -0.05) is 69.2 Å². The van der Waals surface area contributed by atoms with Crippen LogP contribution in [-0.4, -0.2) is 58.7 Å². The summed E-state index contributed by atoms with van der Waals surface area (Å²) in [5.74, 6) is -0.338. The molecule has 2 rings (SSSR count). The predicted molar refractivity (Wildman–Crippen MR) is 143 cm³/mol. The van der Waals surface area contributed by atoms with Crippen LogP contribution in [0.4, 0.5) is 0 Å². The van der Waals surface area contributed by atoms with E-state index >= 15 is 0 Å². The van der Waals surface area contributed by atoms with E-state index in [1.807, 2.05) is 56.3 Å². The molecule has 0 fully saturated rings. The van der Waals surface area contributed by atoms with Crippen LogP contribution in [0, 0.1) is 0 Å². The number of hydrogen-bond acceptors (Lipinski definition) is 6. The third-order valence-electron chi connectivity index (χ3n) is 6.37. The fourth-order valence-corrected chi connectivity index (χ4v) is 6.76. The lowest BCUT2D eigenvalue weighted by Gasteiger charge is -2.20. The number of benzene rings is 2. The molecule has 7 nitrogen and oxygen atoms in total. The largest absolute Gasteiger partial charge is 0.391 e. The molecular formula is C26H40N2O5S2. The van der Waals surface area contributed by atoms with Gasteiger partial charge in [-0.3, -0.25) is 0 Å². The van der Waals surface area contributed by atoms with E-state index in [1.54, 1.807) is 12.1 Å². The Labute approximate surface area is 211 Å². The fraction of sp³-hybridized carbons (Fsp3) is 0.538. The molecule has 3 N–H and O–H groups in total. The third kappa shape index (κ3) is 9.31. The first-order chi connectivity index (χ1) is 16.6. The van der Waals surface area contributed by atoms with Gasteiger partial charge < -0.3 is 10.4 Å². The fourth-order valence-electron chi connectivity index (χ4n) is 4.15. The van der Waals surface area contributed by atoms with Gasteiger partial charge in [0.1, 0.15) is 0 Å². The maximum atomic E-state index is 13.2. The first-order valence-electron chi connectivity index (χ1n) is 12.3. The monoisotopic (exact) mass is 524 g/mol. The lowest BCUT2D eigenvalue weighted by molar-refractivity contribution is 0.186. The summed E-state index contributed by atoms with van der Waals surface area (Å²) in [6, 6.07) is 17.2. The zero-order valence-electron chi connectivity index (χ0n) is 21.0. The van der Waals surface area contributed by atoms with Crippen molar-refractivity contribution in [2.24, 2.45) is 0 Å². The number of rotatable bonds is 16. The number of hydrogen-bond donors (Lipinski definition) is 3. The number of aliphatic hydroxyl groups is 1. The minimum absolute atomic E-state index is 0.143. The van der Waals surface area contributed by atoms with E-state index in [-0.39, 0.29) is 18.3 Å². The molecule has 0 saturated heterocycles. The smallest absolute Gasteiger partial charge is 0.213 e. The van der Waals surface area contributed by atoms with Gasteiger partial charge in [-0.25, -0.2) is 21.6 Å². The molecule has 0 amide bonds. The van der Waals surface area contributed by atoms with Crippen LogP contribution < -0.4 is 10.0 Å². The summed E-state index contributed by atoms with van der Waals surface area (Å²) in [7, 11) is -5.54. The van der Waals surface area contributed by atoms with Crippen LogP contribution in [0.1, 0.15) is 52.4 Å². The normalized spacial score (nSPS) is 15.0. The van der Waals surface area contributed by atoms with Crippen molar-refractivity contribution in [2.45, 2.75) is 74.7 Å². The first-order valence-corrected chi connectivity index (χ1v) is 15.5. The van der Waals surface area contributed by atoms with Crippen LogP contribution in [0.2, 0.25) is 0 Å². The highest BCUT2D eigenvalue weighted by atomic mass is 32.2. The summed E-state index contributed by atoms with van der Waals surface area (Å²) in [6.07, 6.45) is 3.50. The molecule has 0 aliphatic carbocycles. The summed E-state index contributed by atoms with van der Waals surface area (Å²) in [5.41, 5.74) is 2.04. The van der Waals surface area contributed by atoms with Crippen LogP contribution in [0.3, 0.4) is 0 Å². The highest BCUT2D eigenvalue weighted by Gasteiger charge is 2.25. The molecule has 0 heterocycles. The van der Waals surface area contributed by atoms with Crippen LogP contribution in [0.25, 0.3) is 11.1 Å². The van der Waals surface area contributed by atoms with E-state index in [0.29, 0.717) is 17.7 Å². The summed E-state index contributed by atoms with van der Waals surface area (Å²) in [6.45, 7) is 4.15. The van der Waals surface area contributed by atoms with Crippen molar-refractivity contribution in [2.75, 3.05) is 19.3 Å². The Bertz CT molecular complexity index is 1090. The number of unbranched alkanes of at least 4 members (excludes halogenated alkanes) is 1.